The molecular formula is C16H19BrN2O. The molecule has 0 aliphatic heterocycles. The van der Waals surface area contributed by atoms with Crippen molar-refractivity contribution in [2.75, 3.05) is 19.1 Å². The minimum atomic E-state index is 0.513. The lowest BCUT2D eigenvalue weighted by molar-refractivity contribution is 0.414. The van der Waals surface area contributed by atoms with Gasteiger partial charge in [-0.1, -0.05) is 34.1 Å². The lowest BCUT2D eigenvalue weighted by Crippen LogP contribution is -2.19. The molecule has 4 heteroatoms. The lowest BCUT2D eigenvalue weighted by atomic mass is 10.1. The van der Waals surface area contributed by atoms with E-state index in [2.05, 4.69) is 46.1 Å². The van der Waals surface area contributed by atoms with Gasteiger partial charge in [0.25, 0.3) is 0 Å². The lowest BCUT2D eigenvalue weighted by Gasteiger charge is -2.23. The van der Waals surface area contributed by atoms with Gasteiger partial charge in [-0.2, -0.15) is 0 Å². The Morgan fingerprint density at radius 3 is 2.65 bits per heavy atom. The van der Waals surface area contributed by atoms with Crippen LogP contribution in [0, 0.1) is 0 Å². The van der Waals surface area contributed by atoms with Crippen molar-refractivity contribution in [2.24, 2.45) is 5.73 Å². The first kappa shape index (κ1) is 14.9. The van der Waals surface area contributed by atoms with Crippen LogP contribution in [0.15, 0.2) is 46.9 Å². The van der Waals surface area contributed by atoms with Gasteiger partial charge >= 0.3 is 0 Å². The number of anilines is 1. The zero-order valence-corrected chi connectivity index (χ0v) is 13.4. The van der Waals surface area contributed by atoms with Gasteiger partial charge in [0.2, 0.25) is 0 Å². The van der Waals surface area contributed by atoms with Crippen LogP contribution >= 0.6 is 15.9 Å². The number of ether oxygens (including phenoxy) is 1. The van der Waals surface area contributed by atoms with Crippen LogP contribution in [0.4, 0.5) is 5.69 Å². The molecule has 2 N–H and O–H groups in total. The van der Waals surface area contributed by atoms with Crippen molar-refractivity contribution >= 4 is 21.6 Å². The first-order chi connectivity index (χ1) is 9.65. The van der Waals surface area contributed by atoms with E-state index in [1.807, 2.05) is 24.3 Å². The van der Waals surface area contributed by atoms with Gasteiger partial charge in [0, 0.05) is 35.9 Å². The van der Waals surface area contributed by atoms with E-state index in [0.717, 1.165) is 28.0 Å². The summed E-state index contributed by atoms with van der Waals surface area (Å²) in [6.45, 7) is 1.32. The molecule has 20 heavy (non-hydrogen) atoms. The van der Waals surface area contributed by atoms with Gasteiger partial charge in [-0.3, -0.25) is 0 Å². The molecule has 0 unspecified atom stereocenters. The molecule has 0 heterocycles. The van der Waals surface area contributed by atoms with Gasteiger partial charge in [-0.25, -0.2) is 0 Å². The third-order valence-corrected chi connectivity index (χ3v) is 4.01. The van der Waals surface area contributed by atoms with E-state index in [4.69, 9.17) is 10.5 Å². The highest BCUT2D eigenvalue weighted by molar-refractivity contribution is 9.10. The van der Waals surface area contributed by atoms with Crippen molar-refractivity contribution in [3.05, 3.63) is 58.1 Å². The molecule has 0 saturated heterocycles. The number of methoxy groups -OCH3 is 1. The Balaban J connectivity index is 2.23. The van der Waals surface area contributed by atoms with Crippen LogP contribution in [0.25, 0.3) is 0 Å². The van der Waals surface area contributed by atoms with Crippen molar-refractivity contribution in [3.63, 3.8) is 0 Å². The third-order valence-electron chi connectivity index (χ3n) is 3.26. The Hall–Kier alpha value is -1.52. The summed E-state index contributed by atoms with van der Waals surface area (Å²) in [4.78, 5) is 2.20. The van der Waals surface area contributed by atoms with Gasteiger partial charge < -0.3 is 15.4 Å². The predicted octanol–water partition coefficient (Wildman–Crippen LogP) is 3.55. The van der Waals surface area contributed by atoms with E-state index in [9.17, 15) is 0 Å². The van der Waals surface area contributed by atoms with Crippen molar-refractivity contribution in [1.29, 1.82) is 0 Å². The van der Waals surface area contributed by atoms with E-state index < -0.39 is 0 Å². The molecule has 0 bridgehead atoms. The van der Waals surface area contributed by atoms with Crippen LogP contribution in [0.2, 0.25) is 0 Å². The fraction of sp³-hybridized carbons (Fsp3) is 0.250. The summed E-state index contributed by atoms with van der Waals surface area (Å²) in [5, 5.41) is 0. The molecule has 3 nitrogen and oxygen atoms in total. The molecule has 0 atom stereocenters. The molecule has 2 aromatic carbocycles. The smallest absolute Gasteiger partial charge is 0.119 e. The van der Waals surface area contributed by atoms with Gasteiger partial charge in [0.15, 0.2) is 0 Å². The molecule has 2 aromatic rings. The second-order valence-corrected chi connectivity index (χ2v) is 5.50. The minimum Gasteiger partial charge on any atom is -0.497 e. The quantitative estimate of drug-likeness (QED) is 0.908. The molecule has 2 rings (SSSR count). The molecular weight excluding hydrogens is 316 g/mol. The summed E-state index contributed by atoms with van der Waals surface area (Å²) in [5.41, 5.74) is 9.32. The summed E-state index contributed by atoms with van der Waals surface area (Å²) in [6.07, 6.45) is 0. The normalized spacial score (nSPS) is 10.4. The minimum absolute atomic E-state index is 0.513. The van der Waals surface area contributed by atoms with Crippen LogP contribution in [-0.4, -0.2) is 14.2 Å². The highest BCUT2D eigenvalue weighted by Crippen LogP contribution is 2.28. The van der Waals surface area contributed by atoms with E-state index in [1.54, 1.807) is 7.11 Å². The standard InChI is InChI=1S/C16H19BrN2O/c1-19(11-12-5-3-6-13(9-12)20-2)16-8-4-7-15(17)14(16)10-18/h3-9H,10-11,18H2,1-2H3. The molecule has 0 aliphatic rings. The molecule has 0 radical (unpaired) electrons. The van der Waals surface area contributed by atoms with Gasteiger partial charge in [0.1, 0.15) is 5.75 Å². The SMILES string of the molecule is COc1cccc(CN(C)c2cccc(Br)c2CN)c1. The maximum absolute atomic E-state index is 5.85. The van der Waals surface area contributed by atoms with E-state index in [-0.39, 0.29) is 0 Å². The van der Waals surface area contributed by atoms with Crippen molar-refractivity contribution in [3.8, 4) is 5.75 Å². The van der Waals surface area contributed by atoms with Gasteiger partial charge in [0.05, 0.1) is 7.11 Å². The number of benzene rings is 2. The zero-order valence-electron chi connectivity index (χ0n) is 11.8. The fourth-order valence-electron chi connectivity index (χ4n) is 2.24. The molecule has 0 aliphatic carbocycles. The summed E-state index contributed by atoms with van der Waals surface area (Å²) >= 11 is 3.56. The Kier molecular flexibility index (Phi) is 5.04. The highest BCUT2D eigenvalue weighted by Gasteiger charge is 2.10. The molecule has 106 valence electrons. The maximum Gasteiger partial charge on any atom is 0.119 e. The predicted molar refractivity (Wildman–Crippen MR) is 87.1 cm³/mol. The Morgan fingerprint density at radius 1 is 1.20 bits per heavy atom. The molecule has 0 spiro atoms. The van der Waals surface area contributed by atoms with Crippen molar-refractivity contribution in [1.82, 2.24) is 0 Å². The number of hydrogen-bond donors (Lipinski definition) is 1. The van der Waals surface area contributed by atoms with Gasteiger partial charge in [-0.15, -0.1) is 0 Å². The second-order valence-electron chi connectivity index (χ2n) is 4.65. The van der Waals surface area contributed by atoms with Crippen LogP contribution in [0.3, 0.4) is 0 Å². The molecule has 0 fully saturated rings. The number of halogens is 1. The summed E-state index contributed by atoms with van der Waals surface area (Å²) in [5.74, 6) is 0.879. The zero-order chi connectivity index (χ0) is 14.5. The Labute approximate surface area is 128 Å². The van der Waals surface area contributed by atoms with E-state index in [1.165, 1.54) is 5.56 Å². The molecule has 0 aromatic heterocycles. The third kappa shape index (κ3) is 3.32. The number of nitrogens with zero attached hydrogens (tertiary/aromatic N) is 1. The Morgan fingerprint density at radius 2 is 1.95 bits per heavy atom. The van der Waals surface area contributed by atoms with E-state index in [0.29, 0.717) is 6.54 Å². The van der Waals surface area contributed by atoms with Crippen molar-refractivity contribution in [2.45, 2.75) is 13.1 Å². The average Bonchev–Trinajstić information content (AvgIpc) is 2.47. The van der Waals surface area contributed by atoms with Crippen LogP contribution in [0.5, 0.6) is 5.75 Å². The van der Waals surface area contributed by atoms with Crippen LogP contribution < -0.4 is 15.4 Å². The van der Waals surface area contributed by atoms with Crippen LogP contribution in [-0.2, 0) is 13.1 Å². The average molecular weight is 335 g/mol. The van der Waals surface area contributed by atoms with Gasteiger partial charge in [-0.05, 0) is 29.8 Å². The van der Waals surface area contributed by atoms with Crippen molar-refractivity contribution < 1.29 is 4.74 Å². The number of nitrogens with two attached hydrogens (primary N) is 1. The largest absolute Gasteiger partial charge is 0.497 e. The molecule has 0 amide bonds. The van der Waals surface area contributed by atoms with Crippen LogP contribution in [0.1, 0.15) is 11.1 Å². The number of hydrogen-bond acceptors (Lipinski definition) is 3. The summed E-state index contributed by atoms with van der Waals surface area (Å²) < 4.78 is 6.31. The maximum atomic E-state index is 5.85. The topological polar surface area (TPSA) is 38.5 Å². The number of rotatable bonds is 5. The summed E-state index contributed by atoms with van der Waals surface area (Å²) in [6, 6.07) is 14.2. The first-order valence-corrected chi connectivity index (χ1v) is 7.26. The Bertz CT molecular complexity index is 586. The fourth-order valence-corrected chi connectivity index (χ4v) is 2.75. The molecule has 0 saturated carbocycles. The highest BCUT2D eigenvalue weighted by atomic mass is 79.9. The monoisotopic (exact) mass is 334 g/mol. The van der Waals surface area contributed by atoms with E-state index >= 15 is 0 Å². The first-order valence-electron chi connectivity index (χ1n) is 6.47. The second kappa shape index (κ2) is 6.77. The summed E-state index contributed by atoms with van der Waals surface area (Å²) in [7, 11) is 3.75.